The highest BCUT2D eigenvalue weighted by Gasteiger charge is 2.41. The van der Waals surface area contributed by atoms with Crippen molar-refractivity contribution in [3.63, 3.8) is 0 Å². The summed E-state index contributed by atoms with van der Waals surface area (Å²) in [6, 6.07) is 7.69. The van der Waals surface area contributed by atoms with E-state index in [2.05, 4.69) is 15.5 Å². The normalized spacial score (nSPS) is 25.2. The lowest BCUT2D eigenvalue weighted by Gasteiger charge is -2.34. The number of fused-ring (bicyclic) bond motifs is 3. The molecule has 0 aromatic heterocycles. The zero-order valence-corrected chi connectivity index (χ0v) is 12.5. The van der Waals surface area contributed by atoms with E-state index >= 15 is 0 Å². The zero-order chi connectivity index (χ0) is 14.9. The van der Waals surface area contributed by atoms with Crippen molar-refractivity contribution < 1.29 is 9.63 Å². The zero-order valence-electron chi connectivity index (χ0n) is 12.5. The number of hydrogen-bond donors (Lipinski definition) is 2. The van der Waals surface area contributed by atoms with E-state index in [0.29, 0.717) is 13.3 Å². The number of rotatable bonds is 4. The van der Waals surface area contributed by atoms with Crippen LogP contribution in [0.5, 0.6) is 0 Å². The van der Waals surface area contributed by atoms with Crippen molar-refractivity contribution in [3.05, 3.63) is 29.8 Å². The number of urea groups is 1. The molecule has 3 aliphatic rings. The molecule has 1 aromatic carbocycles. The molecule has 2 saturated heterocycles. The summed E-state index contributed by atoms with van der Waals surface area (Å²) in [6.07, 6.45) is 2.40. The molecule has 0 bridgehead atoms. The SMILES string of the molecule is O=C1Nc2ccccc2C2NCN(OCCN3CCCC3)N12. The molecule has 0 radical (unpaired) electrons. The minimum absolute atomic E-state index is 0.156. The lowest BCUT2D eigenvalue weighted by atomic mass is 10.1. The summed E-state index contributed by atoms with van der Waals surface area (Å²) >= 11 is 0. The maximum Gasteiger partial charge on any atom is 0.340 e. The van der Waals surface area contributed by atoms with Gasteiger partial charge in [-0.05, 0) is 32.0 Å². The van der Waals surface area contributed by atoms with E-state index in [4.69, 9.17) is 4.84 Å². The molecule has 1 atom stereocenters. The van der Waals surface area contributed by atoms with E-state index in [1.165, 1.54) is 12.8 Å². The van der Waals surface area contributed by atoms with Gasteiger partial charge in [0.1, 0.15) is 6.17 Å². The Morgan fingerprint density at radius 3 is 2.91 bits per heavy atom. The van der Waals surface area contributed by atoms with Gasteiger partial charge in [0.2, 0.25) is 0 Å². The molecule has 3 heterocycles. The van der Waals surface area contributed by atoms with E-state index < -0.39 is 0 Å². The number of para-hydroxylation sites is 1. The van der Waals surface area contributed by atoms with Crippen molar-refractivity contribution in [3.8, 4) is 0 Å². The van der Waals surface area contributed by atoms with Crippen molar-refractivity contribution >= 4 is 11.7 Å². The molecule has 0 spiro atoms. The number of nitrogens with zero attached hydrogens (tertiary/aromatic N) is 3. The van der Waals surface area contributed by atoms with Gasteiger partial charge in [0, 0.05) is 17.8 Å². The summed E-state index contributed by atoms with van der Waals surface area (Å²) < 4.78 is 0. The van der Waals surface area contributed by atoms with E-state index in [0.717, 1.165) is 30.9 Å². The van der Waals surface area contributed by atoms with Crippen LogP contribution in [0.1, 0.15) is 24.6 Å². The van der Waals surface area contributed by atoms with Crippen LogP contribution in [-0.4, -0.2) is 54.0 Å². The van der Waals surface area contributed by atoms with Gasteiger partial charge in [-0.25, -0.2) is 9.80 Å². The molecule has 1 unspecified atom stereocenters. The molecular formula is C15H21N5O2. The fourth-order valence-electron chi connectivity index (χ4n) is 3.33. The predicted molar refractivity (Wildman–Crippen MR) is 81.5 cm³/mol. The topological polar surface area (TPSA) is 60.1 Å². The summed E-state index contributed by atoms with van der Waals surface area (Å²) in [7, 11) is 0. The van der Waals surface area contributed by atoms with Crippen LogP contribution in [0.25, 0.3) is 0 Å². The Kier molecular flexibility index (Phi) is 3.71. The van der Waals surface area contributed by atoms with E-state index in [9.17, 15) is 4.79 Å². The number of hydrogen-bond acceptors (Lipinski definition) is 5. The molecular weight excluding hydrogens is 282 g/mol. The van der Waals surface area contributed by atoms with Crippen molar-refractivity contribution in [2.45, 2.75) is 19.0 Å². The average Bonchev–Trinajstić information content (AvgIpc) is 3.18. The van der Waals surface area contributed by atoms with Gasteiger partial charge in [0.25, 0.3) is 0 Å². The molecule has 2 N–H and O–H groups in total. The van der Waals surface area contributed by atoms with Crippen LogP contribution in [0, 0.1) is 0 Å². The number of carbonyl (C=O) groups excluding carboxylic acids is 1. The second-order valence-electron chi connectivity index (χ2n) is 5.86. The predicted octanol–water partition coefficient (Wildman–Crippen LogP) is 1.34. The molecule has 7 nitrogen and oxygen atoms in total. The van der Waals surface area contributed by atoms with Gasteiger partial charge < -0.3 is 10.2 Å². The van der Waals surface area contributed by atoms with E-state index in [-0.39, 0.29) is 12.2 Å². The highest BCUT2D eigenvalue weighted by Crippen LogP contribution is 2.34. The lowest BCUT2D eigenvalue weighted by Crippen LogP contribution is -2.48. The smallest absolute Gasteiger partial charge is 0.306 e. The van der Waals surface area contributed by atoms with E-state index in [1.807, 2.05) is 24.3 Å². The second-order valence-corrected chi connectivity index (χ2v) is 5.86. The van der Waals surface area contributed by atoms with Crippen LogP contribution in [-0.2, 0) is 4.84 Å². The van der Waals surface area contributed by atoms with Gasteiger partial charge in [-0.3, -0.25) is 10.2 Å². The van der Waals surface area contributed by atoms with Gasteiger partial charge in [0.05, 0.1) is 13.3 Å². The number of carbonyl (C=O) groups is 1. The third-order valence-electron chi connectivity index (χ3n) is 4.46. The summed E-state index contributed by atoms with van der Waals surface area (Å²) in [5, 5.41) is 9.48. The minimum atomic E-state index is -0.158. The first-order chi connectivity index (χ1) is 10.8. The molecule has 7 heteroatoms. The monoisotopic (exact) mass is 303 g/mol. The van der Waals surface area contributed by atoms with Crippen molar-refractivity contribution in [1.82, 2.24) is 20.4 Å². The molecule has 1 aromatic rings. The van der Waals surface area contributed by atoms with Crippen LogP contribution in [0.15, 0.2) is 24.3 Å². The number of benzene rings is 1. The quantitative estimate of drug-likeness (QED) is 0.879. The number of hydroxylamine groups is 1. The third-order valence-corrected chi connectivity index (χ3v) is 4.46. The second kappa shape index (κ2) is 5.85. The Balaban J connectivity index is 1.41. The summed E-state index contributed by atoms with van der Waals surface area (Å²) in [6.45, 7) is 4.32. The fourth-order valence-corrected chi connectivity index (χ4v) is 3.33. The number of nitrogens with one attached hydrogen (secondary N) is 2. The summed E-state index contributed by atoms with van der Waals surface area (Å²) in [5.74, 6) is 0. The number of likely N-dealkylation sites (tertiary alicyclic amines) is 1. The first kappa shape index (κ1) is 14.0. The molecule has 3 aliphatic heterocycles. The molecule has 2 fully saturated rings. The van der Waals surface area contributed by atoms with E-state index in [1.54, 1.807) is 10.2 Å². The lowest BCUT2D eigenvalue weighted by molar-refractivity contribution is -0.247. The van der Waals surface area contributed by atoms with Crippen LogP contribution in [0.3, 0.4) is 0 Å². The molecule has 2 amide bonds. The summed E-state index contributed by atoms with van der Waals surface area (Å²) in [5.41, 5.74) is 1.92. The molecule has 22 heavy (non-hydrogen) atoms. The average molecular weight is 303 g/mol. The van der Waals surface area contributed by atoms with Crippen molar-refractivity contribution in [2.75, 3.05) is 38.2 Å². The maximum atomic E-state index is 12.3. The number of hydrazine groups is 1. The number of amides is 2. The molecule has 0 aliphatic carbocycles. The highest BCUT2D eigenvalue weighted by atomic mass is 16.7. The molecule has 0 saturated carbocycles. The van der Waals surface area contributed by atoms with Crippen LogP contribution >= 0.6 is 0 Å². The van der Waals surface area contributed by atoms with Crippen molar-refractivity contribution in [1.29, 1.82) is 0 Å². The van der Waals surface area contributed by atoms with Gasteiger partial charge in [-0.15, -0.1) is 0 Å². The first-order valence-electron chi connectivity index (χ1n) is 7.88. The highest BCUT2D eigenvalue weighted by molar-refractivity contribution is 5.92. The van der Waals surface area contributed by atoms with Gasteiger partial charge >= 0.3 is 6.03 Å². The summed E-state index contributed by atoms with van der Waals surface area (Å²) in [4.78, 5) is 20.5. The van der Waals surface area contributed by atoms with Gasteiger partial charge in [-0.1, -0.05) is 23.4 Å². The third kappa shape index (κ3) is 2.46. The Morgan fingerprint density at radius 1 is 1.23 bits per heavy atom. The maximum absolute atomic E-state index is 12.3. The Morgan fingerprint density at radius 2 is 2.05 bits per heavy atom. The Hall–Kier alpha value is -1.67. The van der Waals surface area contributed by atoms with Crippen molar-refractivity contribution in [2.24, 2.45) is 0 Å². The Bertz CT molecular complexity index is 561. The molecule has 118 valence electrons. The minimum Gasteiger partial charge on any atom is -0.306 e. The van der Waals surface area contributed by atoms with Gasteiger partial charge in [-0.2, -0.15) is 0 Å². The largest absolute Gasteiger partial charge is 0.340 e. The fraction of sp³-hybridized carbons (Fsp3) is 0.533. The van der Waals surface area contributed by atoms with Gasteiger partial charge in [0.15, 0.2) is 0 Å². The van der Waals surface area contributed by atoms with Crippen LogP contribution < -0.4 is 10.6 Å². The standard InChI is InChI=1S/C15H21N5O2/c21-15-17-13-6-2-1-5-12(13)14-16-11-19(20(14)15)22-10-9-18-7-3-4-8-18/h1-2,5-6,14,16H,3-4,7-11H2,(H,17,21). The number of anilines is 1. The first-order valence-corrected chi connectivity index (χ1v) is 7.88. The molecule has 4 rings (SSSR count). The Labute approximate surface area is 129 Å². The van der Waals surface area contributed by atoms with Crippen LogP contribution in [0.2, 0.25) is 0 Å². The van der Waals surface area contributed by atoms with Crippen LogP contribution in [0.4, 0.5) is 10.5 Å².